The summed E-state index contributed by atoms with van der Waals surface area (Å²) in [5.41, 5.74) is -0.0938. The lowest BCUT2D eigenvalue weighted by Crippen LogP contribution is -2.52. The standard InChI is InChI=1S/C18H34N2O/c1-14(12-18(2,13-21)19-16-9-10-16)20-11-5-8-17(20)15-6-3-4-7-15/h14-17,19,21H,3-13H2,1-2H3. The topological polar surface area (TPSA) is 35.5 Å². The molecule has 0 spiro atoms. The molecule has 122 valence electrons. The summed E-state index contributed by atoms with van der Waals surface area (Å²) >= 11 is 0. The van der Waals surface area contributed by atoms with Crippen LogP contribution >= 0.6 is 0 Å². The maximum absolute atomic E-state index is 9.85. The van der Waals surface area contributed by atoms with Gasteiger partial charge in [0, 0.05) is 23.7 Å². The minimum Gasteiger partial charge on any atom is -0.394 e. The van der Waals surface area contributed by atoms with Gasteiger partial charge >= 0.3 is 0 Å². The van der Waals surface area contributed by atoms with Crippen LogP contribution < -0.4 is 5.32 Å². The fourth-order valence-corrected chi connectivity index (χ4v) is 4.87. The predicted octanol–water partition coefficient (Wildman–Crippen LogP) is 2.92. The van der Waals surface area contributed by atoms with Crippen LogP contribution in [0.5, 0.6) is 0 Å². The van der Waals surface area contributed by atoms with Gasteiger partial charge in [-0.2, -0.15) is 0 Å². The molecule has 3 rings (SSSR count). The number of nitrogens with zero attached hydrogens (tertiary/aromatic N) is 1. The van der Waals surface area contributed by atoms with Crippen molar-refractivity contribution in [2.45, 2.75) is 95.3 Å². The third-order valence-electron chi connectivity index (χ3n) is 6.08. The van der Waals surface area contributed by atoms with E-state index in [1.54, 1.807) is 0 Å². The normalized spacial score (nSPS) is 32.4. The smallest absolute Gasteiger partial charge is 0.0611 e. The fourth-order valence-electron chi connectivity index (χ4n) is 4.87. The van der Waals surface area contributed by atoms with Crippen LogP contribution in [0, 0.1) is 5.92 Å². The molecule has 3 heteroatoms. The Kier molecular flexibility index (Phi) is 4.92. The molecule has 0 aromatic carbocycles. The number of hydrogen-bond donors (Lipinski definition) is 2. The maximum Gasteiger partial charge on any atom is 0.0611 e. The molecular weight excluding hydrogens is 260 g/mol. The molecule has 1 aliphatic heterocycles. The molecule has 3 nitrogen and oxygen atoms in total. The molecule has 2 N–H and O–H groups in total. The van der Waals surface area contributed by atoms with Crippen molar-refractivity contribution in [1.29, 1.82) is 0 Å². The lowest BCUT2D eigenvalue weighted by molar-refractivity contribution is 0.0892. The molecule has 0 aromatic rings. The number of aliphatic hydroxyl groups excluding tert-OH is 1. The Labute approximate surface area is 130 Å². The van der Waals surface area contributed by atoms with Gasteiger partial charge in [0.15, 0.2) is 0 Å². The van der Waals surface area contributed by atoms with Crippen molar-refractivity contribution >= 4 is 0 Å². The van der Waals surface area contributed by atoms with Gasteiger partial charge in [0.25, 0.3) is 0 Å². The van der Waals surface area contributed by atoms with Crippen molar-refractivity contribution in [3.63, 3.8) is 0 Å². The molecule has 0 bridgehead atoms. The summed E-state index contributed by atoms with van der Waals surface area (Å²) in [6, 6.07) is 2.08. The summed E-state index contributed by atoms with van der Waals surface area (Å²) in [6.07, 6.45) is 12.2. The number of nitrogens with one attached hydrogen (secondary N) is 1. The highest BCUT2D eigenvalue weighted by Crippen LogP contribution is 2.37. The van der Waals surface area contributed by atoms with Crippen LogP contribution in [0.3, 0.4) is 0 Å². The Morgan fingerprint density at radius 2 is 1.86 bits per heavy atom. The van der Waals surface area contributed by atoms with Crippen molar-refractivity contribution in [1.82, 2.24) is 10.2 Å². The Morgan fingerprint density at radius 3 is 2.48 bits per heavy atom. The predicted molar refractivity (Wildman–Crippen MR) is 87.4 cm³/mol. The molecule has 0 aromatic heterocycles. The first-order valence-electron chi connectivity index (χ1n) is 9.25. The SMILES string of the molecule is CC(CC(C)(CO)NC1CC1)N1CCCC1C1CCCC1. The van der Waals surface area contributed by atoms with Gasteiger partial charge in [-0.05, 0) is 71.3 Å². The summed E-state index contributed by atoms with van der Waals surface area (Å²) < 4.78 is 0. The third-order valence-corrected chi connectivity index (χ3v) is 6.08. The van der Waals surface area contributed by atoms with Gasteiger partial charge in [0.2, 0.25) is 0 Å². The molecule has 0 radical (unpaired) electrons. The highest BCUT2D eigenvalue weighted by atomic mass is 16.3. The minimum atomic E-state index is -0.0938. The van der Waals surface area contributed by atoms with Crippen LogP contribution in [-0.4, -0.2) is 46.8 Å². The second-order valence-corrected chi connectivity index (χ2v) is 8.18. The van der Waals surface area contributed by atoms with Gasteiger partial charge in [-0.3, -0.25) is 4.90 Å². The van der Waals surface area contributed by atoms with Crippen LogP contribution in [0.4, 0.5) is 0 Å². The first kappa shape index (κ1) is 15.8. The van der Waals surface area contributed by atoms with Crippen molar-refractivity contribution in [3.8, 4) is 0 Å². The average molecular weight is 294 g/mol. The molecule has 2 aliphatic carbocycles. The molecule has 2 saturated carbocycles. The molecule has 3 aliphatic rings. The summed E-state index contributed by atoms with van der Waals surface area (Å²) in [6.45, 7) is 6.13. The second kappa shape index (κ2) is 6.55. The van der Waals surface area contributed by atoms with Gasteiger partial charge in [-0.15, -0.1) is 0 Å². The molecule has 1 heterocycles. The van der Waals surface area contributed by atoms with E-state index in [1.165, 1.54) is 57.9 Å². The number of hydrogen-bond acceptors (Lipinski definition) is 3. The molecule has 0 amide bonds. The number of likely N-dealkylation sites (tertiary alicyclic amines) is 1. The second-order valence-electron chi connectivity index (χ2n) is 8.18. The average Bonchev–Trinajstić information content (AvgIpc) is 2.99. The van der Waals surface area contributed by atoms with Gasteiger partial charge in [0.05, 0.1) is 6.61 Å². The largest absolute Gasteiger partial charge is 0.394 e. The molecule has 3 unspecified atom stereocenters. The summed E-state index contributed by atoms with van der Waals surface area (Å²) in [4.78, 5) is 2.78. The Hall–Kier alpha value is -0.120. The van der Waals surface area contributed by atoms with Gasteiger partial charge in [-0.1, -0.05) is 12.8 Å². The van der Waals surface area contributed by atoms with E-state index in [-0.39, 0.29) is 12.1 Å². The van der Waals surface area contributed by atoms with Crippen molar-refractivity contribution < 1.29 is 5.11 Å². The van der Waals surface area contributed by atoms with Crippen LogP contribution in [0.1, 0.15) is 71.6 Å². The molecule has 3 fully saturated rings. The highest BCUT2D eigenvalue weighted by Gasteiger charge is 2.39. The van der Waals surface area contributed by atoms with E-state index in [0.29, 0.717) is 12.1 Å². The summed E-state index contributed by atoms with van der Waals surface area (Å²) in [7, 11) is 0. The monoisotopic (exact) mass is 294 g/mol. The summed E-state index contributed by atoms with van der Waals surface area (Å²) in [5, 5.41) is 13.5. The maximum atomic E-state index is 9.85. The van der Waals surface area contributed by atoms with E-state index >= 15 is 0 Å². The minimum absolute atomic E-state index is 0.0938. The van der Waals surface area contributed by atoms with Gasteiger partial charge in [-0.25, -0.2) is 0 Å². The fraction of sp³-hybridized carbons (Fsp3) is 1.00. The van der Waals surface area contributed by atoms with Crippen LogP contribution in [0.2, 0.25) is 0 Å². The highest BCUT2D eigenvalue weighted by molar-refractivity contribution is 4.97. The zero-order valence-electron chi connectivity index (χ0n) is 14.0. The quantitative estimate of drug-likeness (QED) is 0.758. The third kappa shape index (κ3) is 3.80. The molecule has 3 atom stereocenters. The van der Waals surface area contributed by atoms with E-state index in [2.05, 4.69) is 24.1 Å². The summed E-state index contributed by atoms with van der Waals surface area (Å²) in [5.74, 6) is 0.951. The van der Waals surface area contributed by atoms with Gasteiger partial charge < -0.3 is 10.4 Å². The Balaban J connectivity index is 1.58. The lowest BCUT2D eigenvalue weighted by Gasteiger charge is -2.39. The van der Waals surface area contributed by atoms with Gasteiger partial charge in [0.1, 0.15) is 0 Å². The first-order valence-corrected chi connectivity index (χ1v) is 9.25. The zero-order chi connectivity index (χ0) is 14.9. The molecular formula is C18H34N2O. The Morgan fingerprint density at radius 1 is 1.14 bits per heavy atom. The number of rotatable bonds is 7. The van der Waals surface area contributed by atoms with E-state index < -0.39 is 0 Å². The van der Waals surface area contributed by atoms with Crippen molar-refractivity contribution in [3.05, 3.63) is 0 Å². The van der Waals surface area contributed by atoms with E-state index in [4.69, 9.17) is 0 Å². The van der Waals surface area contributed by atoms with E-state index in [1.807, 2.05) is 0 Å². The zero-order valence-corrected chi connectivity index (χ0v) is 14.0. The number of aliphatic hydroxyl groups is 1. The first-order chi connectivity index (χ1) is 10.1. The van der Waals surface area contributed by atoms with E-state index in [0.717, 1.165) is 18.4 Å². The van der Waals surface area contributed by atoms with Crippen LogP contribution in [-0.2, 0) is 0 Å². The van der Waals surface area contributed by atoms with Crippen molar-refractivity contribution in [2.24, 2.45) is 5.92 Å². The van der Waals surface area contributed by atoms with Crippen molar-refractivity contribution in [2.75, 3.05) is 13.2 Å². The van der Waals surface area contributed by atoms with Crippen LogP contribution in [0.25, 0.3) is 0 Å². The molecule has 1 saturated heterocycles. The lowest BCUT2D eigenvalue weighted by atomic mass is 9.90. The van der Waals surface area contributed by atoms with E-state index in [9.17, 15) is 5.11 Å². The van der Waals surface area contributed by atoms with Crippen LogP contribution in [0.15, 0.2) is 0 Å². The molecule has 21 heavy (non-hydrogen) atoms. The Bertz CT molecular complexity index is 338.